The first-order chi connectivity index (χ1) is 9.60. The fourth-order valence-electron chi connectivity index (χ4n) is 1.76. The molecule has 1 aromatic carbocycles. The second-order valence-corrected chi connectivity index (χ2v) is 8.02. The van der Waals surface area contributed by atoms with Crippen molar-refractivity contribution < 1.29 is 13.2 Å². The Bertz CT molecular complexity index is 572. The van der Waals surface area contributed by atoms with Gasteiger partial charge in [0.05, 0.1) is 4.90 Å². The average Bonchev–Trinajstić information content (AvgIpc) is 2.33. The molecule has 0 atom stereocenters. The van der Waals surface area contributed by atoms with Gasteiger partial charge in [0.15, 0.2) is 0 Å². The topological polar surface area (TPSA) is 75.3 Å². The number of carbonyl (C=O) groups is 1. The number of carbonyl (C=O) groups excluding carboxylic acids is 1. The molecule has 0 heterocycles. The normalized spacial score (nSPS) is 12.0. The van der Waals surface area contributed by atoms with Crippen molar-refractivity contribution in [2.24, 2.45) is 5.41 Å². The van der Waals surface area contributed by atoms with Gasteiger partial charge in [0.25, 0.3) is 10.0 Å². The summed E-state index contributed by atoms with van der Waals surface area (Å²) in [4.78, 5) is 11.7. The number of sulfonamides is 1. The summed E-state index contributed by atoms with van der Waals surface area (Å²) >= 11 is 0. The minimum absolute atomic E-state index is 0.0814. The maximum absolute atomic E-state index is 12.0. The zero-order chi connectivity index (χ0) is 16.1. The minimum Gasteiger partial charge on any atom is -0.337 e. The van der Waals surface area contributed by atoms with Crippen LogP contribution in [0.5, 0.6) is 0 Å². The van der Waals surface area contributed by atoms with E-state index in [1.54, 1.807) is 12.1 Å². The molecule has 0 spiro atoms. The molecular weight excluding hydrogens is 288 g/mol. The standard InChI is InChI=1S/C15H24N2O3S/c1-12-6-8-13(9-7-12)21(19,20)17-14(18)16-11-5-10-15(2,3)4/h6-9H,5,10-11H2,1-4H3,(H2,16,17,18). The van der Waals surface area contributed by atoms with Crippen LogP contribution >= 0.6 is 0 Å². The van der Waals surface area contributed by atoms with E-state index in [9.17, 15) is 13.2 Å². The van der Waals surface area contributed by atoms with Gasteiger partial charge in [-0.05, 0) is 37.3 Å². The van der Waals surface area contributed by atoms with Crippen LogP contribution in [0.25, 0.3) is 0 Å². The largest absolute Gasteiger partial charge is 0.337 e. The third kappa shape index (κ3) is 6.62. The third-order valence-corrected chi connectivity index (χ3v) is 4.29. The van der Waals surface area contributed by atoms with E-state index in [-0.39, 0.29) is 10.3 Å². The van der Waals surface area contributed by atoms with Gasteiger partial charge >= 0.3 is 6.03 Å². The zero-order valence-corrected chi connectivity index (χ0v) is 13.9. The molecule has 0 fully saturated rings. The van der Waals surface area contributed by atoms with Crippen LogP contribution in [0.2, 0.25) is 0 Å². The van der Waals surface area contributed by atoms with Gasteiger partial charge in [-0.3, -0.25) is 0 Å². The third-order valence-electron chi connectivity index (χ3n) is 2.95. The van der Waals surface area contributed by atoms with Crippen LogP contribution in [0, 0.1) is 12.3 Å². The Hall–Kier alpha value is -1.56. The summed E-state index contributed by atoms with van der Waals surface area (Å²) in [6, 6.07) is 5.64. The van der Waals surface area contributed by atoms with Crippen LogP contribution in [0.4, 0.5) is 4.79 Å². The molecule has 118 valence electrons. The van der Waals surface area contributed by atoms with E-state index >= 15 is 0 Å². The first-order valence-corrected chi connectivity index (χ1v) is 8.46. The Morgan fingerprint density at radius 3 is 2.24 bits per heavy atom. The molecule has 2 amide bonds. The predicted octanol–water partition coefficient (Wildman–Crippen LogP) is 2.81. The molecule has 0 aliphatic carbocycles. The maximum Gasteiger partial charge on any atom is 0.328 e. The van der Waals surface area contributed by atoms with Crippen molar-refractivity contribution in [2.75, 3.05) is 6.54 Å². The lowest BCUT2D eigenvalue weighted by Crippen LogP contribution is -2.39. The van der Waals surface area contributed by atoms with Crippen LogP contribution < -0.4 is 10.0 Å². The van der Waals surface area contributed by atoms with Crippen molar-refractivity contribution in [1.29, 1.82) is 0 Å². The number of rotatable bonds is 5. The van der Waals surface area contributed by atoms with Crippen LogP contribution in [0.1, 0.15) is 39.2 Å². The lowest BCUT2D eigenvalue weighted by Gasteiger charge is -2.17. The lowest BCUT2D eigenvalue weighted by molar-refractivity contribution is 0.244. The first-order valence-electron chi connectivity index (χ1n) is 6.97. The first kappa shape index (κ1) is 17.5. The summed E-state index contributed by atoms with van der Waals surface area (Å²) in [6.45, 7) is 8.68. The number of hydrogen-bond donors (Lipinski definition) is 2. The van der Waals surface area contributed by atoms with Crippen molar-refractivity contribution in [3.63, 3.8) is 0 Å². The highest BCUT2D eigenvalue weighted by molar-refractivity contribution is 7.90. The Labute approximate surface area is 127 Å². The van der Waals surface area contributed by atoms with Crippen LogP contribution in [-0.2, 0) is 10.0 Å². The summed E-state index contributed by atoms with van der Waals surface area (Å²) in [5.74, 6) is 0. The van der Waals surface area contributed by atoms with Crippen molar-refractivity contribution in [3.05, 3.63) is 29.8 Å². The average molecular weight is 312 g/mol. The van der Waals surface area contributed by atoms with Crippen LogP contribution in [0.15, 0.2) is 29.2 Å². The minimum atomic E-state index is -3.80. The van der Waals surface area contributed by atoms with Gasteiger partial charge in [-0.1, -0.05) is 38.5 Å². The summed E-state index contributed by atoms with van der Waals surface area (Å²) < 4.78 is 26.0. The van der Waals surface area contributed by atoms with Crippen molar-refractivity contribution in [1.82, 2.24) is 10.0 Å². The van der Waals surface area contributed by atoms with E-state index in [2.05, 4.69) is 26.1 Å². The highest BCUT2D eigenvalue weighted by Gasteiger charge is 2.17. The molecule has 0 aromatic heterocycles. The lowest BCUT2D eigenvalue weighted by atomic mass is 9.91. The van der Waals surface area contributed by atoms with Gasteiger partial charge in [-0.25, -0.2) is 17.9 Å². The van der Waals surface area contributed by atoms with Gasteiger partial charge in [0.1, 0.15) is 0 Å². The van der Waals surface area contributed by atoms with Crippen molar-refractivity contribution >= 4 is 16.1 Å². The molecule has 0 radical (unpaired) electrons. The second kappa shape index (κ2) is 6.93. The Morgan fingerprint density at radius 1 is 1.14 bits per heavy atom. The van der Waals surface area contributed by atoms with Crippen LogP contribution in [0.3, 0.4) is 0 Å². The summed E-state index contributed by atoms with van der Waals surface area (Å²) in [7, 11) is -3.80. The van der Waals surface area contributed by atoms with E-state index in [0.29, 0.717) is 6.54 Å². The quantitative estimate of drug-likeness (QED) is 0.821. The fourth-order valence-corrected chi connectivity index (χ4v) is 2.68. The van der Waals surface area contributed by atoms with E-state index in [1.165, 1.54) is 12.1 Å². The number of urea groups is 1. The highest BCUT2D eigenvalue weighted by atomic mass is 32.2. The molecule has 1 rings (SSSR count). The molecular formula is C15H24N2O3S. The number of hydrogen-bond acceptors (Lipinski definition) is 3. The molecule has 1 aromatic rings. The van der Waals surface area contributed by atoms with Crippen molar-refractivity contribution in [3.8, 4) is 0 Å². The van der Waals surface area contributed by atoms with Crippen LogP contribution in [-0.4, -0.2) is 21.0 Å². The van der Waals surface area contributed by atoms with Gasteiger partial charge in [0.2, 0.25) is 0 Å². The molecule has 5 nitrogen and oxygen atoms in total. The highest BCUT2D eigenvalue weighted by Crippen LogP contribution is 2.19. The van der Waals surface area contributed by atoms with Crippen molar-refractivity contribution in [2.45, 2.75) is 45.4 Å². The SMILES string of the molecule is Cc1ccc(S(=O)(=O)NC(=O)NCCCC(C)(C)C)cc1. The number of aryl methyl sites for hydroxylation is 1. The number of nitrogens with one attached hydrogen (secondary N) is 2. The van der Waals surface area contributed by atoms with E-state index in [4.69, 9.17) is 0 Å². The van der Waals surface area contributed by atoms with Gasteiger partial charge in [-0.15, -0.1) is 0 Å². The van der Waals surface area contributed by atoms with Gasteiger partial charge in [0, 0.05) is 6.54 Å². The summed E-state index contributed by atoms with van der Waals surface area (Å²) in [5, 5.41) is 2.56. The molecule has 0 aliphatic heterocycles. The van der Waals surface area contributed by atoms with E-state index < -0.39 is 16.1 Å². The van der Waals surface area contributed by atoms with E-state index in [0.717, 1.165) is 18.4 Å². The smallest absolute Gasteiger partial charge is 0.328 e. The van der Waals surface area contributed by atoms with E-state index in [1.807, 2.05) is 11.6 Å². The molecule has 6 heteroatoms. The fraction of sp³-hybridized carbons (Fsp3) is 0.533. The molecule has 0 unspecified atom stereocenters. The maximum atomic E-state index is 12.0. The zero-order valence-electron chi connectivity index (χ0n) is 13.1. The molecule has 0 saturated heterocycles. The Kier molecular flexibility index (Phi) is 5.78. The predicted molar refractivity (Wildman–Crippen MR) is 83.6 cm³/mol. The molecule has 0 aliphatic rings. The Morgan fingerprint density at radius 2 is 1.71 bits per heavy atom. The van der Waals surface area contributed by atoms with Gasteiger partial charge in [-0.2, -0.15) is 0 Å². The molecule has 0 saturated carbocycles. The number of benzene rings is 1. The monoisotopic (exact) mass is 312 g/mol. The summed E-state index contributed by atoms with van der Waals surface area (Å²) in [6.07, 6.45) is 1.76. The van der Waals surface area contributed by atoms with Gasteiger partial charge < -0.3 is 5.32 Å². The second-order valence-electron chi connectivity index (χ2n) is 6.34. The molecule has 0 bridgehead atoms. The Balaban J connectivity index is 2.48. The molecule has 2 N–H and O–H groups in total. The summed E-state index contributed by atoms with van der Waals surface area (Å²) in [5.41, 5.74) is 1.16. The number of amides is 2. The molecule has 21 heavy (non-hydrogen) atoms.